The van der Waals surface area contributed by atoms with Gasteiger partial charge in [-0.15, -0.1) is 0 Å². The van der Waals surface area contributed by atoms with E-state index in [0.29, 0.717) is 0 Å². The summed E-state index contributed by atoms with van der Waals surface area (Å²) in [4.78, 5) is 22.5. The van der Waals surface area contributed by atoms with Gasteiger partial charge in [-0.3, -0.25) is 10.1 Å². The van der Waals surface area contributed by atoms with Crippen molar-refractivity contribution in [2.45, 2.75) is 0 Å². The maximum atomic E-state index is 11.1. The number of nitro groups is 1. The second-order valence-corrected chi connectivity index (χ2v) is 6.57. The van der Waals surface area contributed by atoms with Gasteiger partial charge in [0.2, 0.25) is 0 Å². The molecule has 1 rings (SSSR count). The summed E-state index contributed by atoms with van der Waals surface area (Å²) in [5.74, 6) is -1.41. The molecule has 0 saturated carbocycles. The van der Waals surface area contributed by atoms with Gasteiger partial charge in [0.25, 0.3) is 5.69 Å². The Morgan fingerprint density at radius 3 is 2.50 bits per heavy atom. The molecular formula is C11H14N2O6S. The van der Waals surface area contributed by atoms with Gasteiger partial charge in [0, 0.05) is 32.0 Å². The van der Waals surface area contributed by atoms with Crippen LogP contribution in [0.25, 0.3) is 0 Å². The zero-order valence-corrected chi connectivity index (χ0v) is 11.8. The van der Waals surface area contributed by atoms with Crippen LogP contribution in [0.2, 0.25) is 0 Å². The second-order valence-electron chi connectivity index (χ2n) is 4.32. The predicted octanol–water partition coefficient (Wildman–Crippen LogP) is 0.774. The van der Waals surface area contributed by atoms with Crippen LogP contribution in [0, 0.1) is 10.1 Å². The summed E-state index contributed by atoms with van der Waals surface area (Å²) >= 11 is 0. The Balaban J connectivity index is 3.15. The number of carboxylic acids is 1. The molecule has 0 aliphatic heterocycles. The van der Waals surface area contributed by atoms with E-state index in [4.69, 9.17) is 5.11 Å². The first-order valence-electron chi connectivity index (χ1n) is 5.52. The number of anilines is 1. The minimum absolute atomic E-state index is 0.0419. The Morgan fingerprint density at radius 1 is 1.45 bits per heavy atom. The highest BCUT2D eigenvalue weighted by Crippen LogP contribution is 2.25. The molecule has 0 aliphatic rings. The maximum absolute atomic E-state index is 11.1. The molecule has 0 saturated heterocycles. The van der Waals surface area contributed by atoms with Crippen molar-refractivity contribution < 1.29 is 23.2 Å². The molecule has 0 unspecified atom stereocenters. The van der Waals surface area contributed by atoms with Crippen LogP contribution in [0.5, 0.6) is 0 Å². The van der Waals surface area contributed by atoms with Crippen LogP contribution in [0.4, 0.5) is 11.4 Å². The molecule has 0 aromatic heterocycles. The summed E-state index contributed by atoms with van der Waals surface area (Å²) in [6, 6.07) is 3.34. The summed E-state index contributed by atoms with van der Waals surface area (Å²) in [7, 11) is -1.73. The lowest BCUT2D eigenvalue weighted by Crippen LogP contribution is -2.26. The van der Waals surface area contributed by atoms with Crippen molar-refractivity contribution in [3.8, 4) is 0 Å². The summed E-state index contributed by atoms with van der Waals surface area (Å²) in [5, 5.41) is 19.8. The average Bonchev–Trinajstić information content (AvgIpc) is 2.34. The average molecular weight is 302 g/mol. The van der Waals surface area contributed by atoms with E-state index in [9.17, 15) is 23.3 Å². The van der Waals surface area contributed by atoms with E-state index in [2.05, 4.69) is 0 Å². The molecule has 20 heavy (non-hydrogen) atoms. The molecule has 1 aromatic rings. The number of hydrogen-bond acceptors (Lipinski definition) is 6. The van der Waals surface area contributed by atoms with Crippen molar-refractivity contribution >= 4 is 27.2 Å². The van der Waals surface area contributed by atoms with Crippen LogP contribution in [0.1, 0.15) is 10.4 Å². The Labute approximate surface area is 115 Å². The number of rotatable bonds is 6. The molecule has 0 fully saturated rings. The second kappa shape index (κ2) is 5.87. The third-order valence-electron chi connectivity index (χ3n) is 2.63. The van der Waals surface area contributed by atoms with Crippen LogP contribution in [-0.2, 0) is 9.84 Å². The normalized spacial score (nSPS) is 11.1. The Morgan fingerprint density at radius 2 is 2.05 bits per heavy atom. The fourth-order valence-corrected chi connectivity index (χ4v) is 2.16. The lowest BCUT2D eigenvalue weighted by atomic mass is 10.1. The molecule has 0 atom stereocenters. The Bertz CT molecular complexity index is 640. The predicted molar refractivity (Wildman–Crippen MR) is 73.0 cm³/mol. The fourth-order valence-electron chi connectivity index (χ4n) is 1.55. The molecule has 0 heterocycles. The monoisotopic (exact) mass is 302 g/mol. The van der Waals surface area contributed by atoms with Crippen molar-refractivity contribution in [3.05, 3.63) is 33.9 Å². The van der Waals surface area contributed by atoms with Crippen LogP contribution in [0.15, 0.2) is 18.2 Å². The first kappa shape index (κ1) is 15.9. The van der Waals surface area contributed by atoms with Gasteiger partial charge in [-0.05, 0) is 6.07 Å². The standard InChI is InChI=1S/C11H14N2O6S/c1-12(5-6-20(2,18)19)10-7-8(13(16)17)3-4-9(10)11(14)15/h3-4,7H,5-6H2,1-2H3,(H,14,15). The molecule has 0 bridgehead atoms. The number of benzene rings is 1. The number of sulfone groups is 1. The molecule has 8 nitrogen and oxygen atoms in total. The highest BCUT2D eigenvalue weighted by molar-refractivity contribution is 7.90. The van der Waals surface area contributed by atoms with Crippen LogP contribution in [-0.4, -0.2) is 50.0 Å². The first-order valence-corrected chi connectivity index (χ1v) is 7.58. The lowest BCUT2D eigenvalue weighted by molar-refractivity contribution is -0.384. The fraction of sp³-hybridized carbons (Fsp3) is 0.364. The maximum Gasteiger partial charge on any atom is 0.337 e. The van der Waals surface area contributed by atoms with Crippen molar-refractivity contribution in [2.24, 2.45) is 0 Å². The number of carbonyl (C=O) groups is 1. The molecule has 0 spiro atoms. The number of hydrogen-bond donors (Lipinski definition) is 1. The third kappa shape index (κ3) is 4.19. The summed E-state index contributed by atoms with van der Waals surface area (Å²) in [5.41, 5.74) is -0.266. The molecule has 1 aromatic carbocycles. The van der Waals surface area contributed by atoms with E-state index in [-0.39, 0.29) is 29.2 Å². The van der Waals surface area contributed by atoms with E-state index in [1.807, 2.05) is 0 Å². The molecule has 0 aliphatic carbocycles. The largest absolute Gasteiger partial charge is 0.478 e. The molecule has 9 heteroatoms. The number of aromatic carboxylic acids is 1. The molecular weight excluding hydrogens is 288 g/mol. The highest BCUT2D eigenvalue weighted by atomic mass is 32.2. The van der Waals surface area contributed by atoms with Gasteiger partial charge >= 0.3 is 5.97 Å². The Kier molecular flexibility index (Phi) is 4.66. The van der Waals surface area contributed by atoms with E-state index in [1.165, 1.54) is 11.9 Å². The van der Waals surface area contributed by atoms with Gasteiger partial charge in [0.1, 0.15) is 9.84 Å². The van der Waals surface area contributed by atoms with Crippen molar-refractivity contribution in [1.29, 1.82) is 0 Å². The van der Waals surface area contributed by atoms with Gasteiger partial charge in [0.15, 0.2) is 0 Å². The quantitative estimate of drug-likeness (QED) is 0.609. The van der Waals surface area contributed by atoms with E-state index in [1.54, 1.807) is 0 Å². The minimum Gasteiger partial charge on any atom is -0.478 e. The van der Waals surface area contributed by atoms with Gasteiger partial charge in [-0.2, -0.15) is 0 Å². The Hall–Kier alpha value is -2.16. The van der Waals surface area contributed by atoms with E-state index < -0.39 is 20.7 Å². The van der Waals surface area contributed by atoms with Gasteiger partial charge in [-0.1, -0.05) is 0 Å². The molecule has 1 N–H and O–H groups in total. The highest BCUT2D eigenvalue weighted by Gasteiger charge is 2.18. The molecule has 0 amide bonds. The lowest BCUT2D eigenvalue weighted by Gasteiger charge is -2.20. The number of carboxylic acid groups (broad SMARTS) is 1. The summed E-state index contributed by atoms with van der Waals surface area (Å²) < 4.78 is 22.2. The number of nitrogens with zero attached hydrogens (tertiary/aromatic N) is 2. The molecule has 0 radical (unpaired) electrons. The van der Waals surface area contributed by atoms with Gasteiger partial charge in [0.05, 0.1) is 21.9 Å². The minimum atomic E-state index is -3.21. The topological polar surface area (TPSA) is 118 Å². The van der Waals surface area contributed by atoms with Crippen molar-refractivity contribution in [1.82, 2.24) is 0 Å². The number of non-ortho nitro benzene ring substituents is 1. The van der Waals surface area contributed by atoms with Crippen LogP contribution < -0.4 is 4.90 Å². The number of nitro benzene ring substituents is 1. The van der Waals surface area contributed by atoms with E-state index in [0.717, 1.165) is 24.5 Å². The zero-order valence-electron chi connectivity index (χ0n) is 10.9. The third-order valence-corrected chi connectivity index (χ3v) is 3.56. The van der Waals surface area contributed by atoms with Gasteiger partial charge < -0.3 is 10.0 Å². The zero-order chi connectivity index (χ0) is 15.5. The van der Waals surface area contributed by atoms with Gasteiger partial charge in [-0.25, -0.2) is 13.2 Å². The van der Waals surface area contributed by atoms with Crippen molar-refractivity contribution in [2.75, 3.05) is 30.5 Å². The van der Waals surface area contributed by atoms with Crippen LogP contribution in [0.3, 0.4) is 0 Å². The molecule has 110 valence electrons. The summed E-state index contributed by atoms with van der Waals surface area (Å²) in [6.07, 6.45) is 1.06. The van der Waals surface area contributed by atoms with Crippen molar-refractivity contribution in [3.63, 3.8) is 0 Å². The smallest absolute Gasteiger partial charge is 0.337 e. The summed E-state index contributed by atoms with van der Waals surface area (Å²) in [6.45, 7) is 0.0419. The first-order chi connectivity index (χ1) is 9.11. The SMILES string of the molecule is CN(CCS(C)(=O)=O)c1cc([N+](=O)[O-])ccc1C(=O)O. The van der Waals surface area contributed by atoms with Crippen LogP contribution >= 0.6 is 0 Å². The van der Waals surface area contributed by atoms with E-state index >= 15 is 0 Å².